The van der Waals surface area contributed by atoms with E-state index in [4.69, 9.17) is 0 Å². The zero-order valence-electron chi connectivity index (χ0n) is 12.8. The third-order valence-electron chi connectivity index (χ3n) is 4.83. The van der Waals surface area contributed by atoms with Gasteiger partial charge in [0.2, 0.25) is 5.91 Å². The van der Waals surface area contributed by atoms with E-state index >= 15 is 0 Å². The highest BCUT2D eigenvalue weighted by molar-refractivity contribution is 5.84. The summed E-state index contributed by atoms with van der Waals surface area (Å²) in [7, 11) is 3.41. The Hall–Kier alpha value is -1.10. The SMILES string of the molecule is CN(C)C(=O)CNC(=O)C[NH+]1CCC[C@@H]2CCCC[C@@H]21. The van der Waals surface area contributed by atoms with E-state index in [1.54, 1.807) is 14.1 Å². The van der Waals surface area contributed by atoms with E-state index in [1.165, 1.54) is 48.3 Å². The van der Waals surface area contributed by atoms with Gasteiger partial charge in [0.05, 0.1) is 19.1 Å². The number of nitrogens with one attached hydrogen (secondary N) is 2. The van der Waals surface area contributed by atoms with Crippen molar-refractivity contribution in [3.8, 4) is 0 Å². The van der Waals surface area contributed by atoms with E-state index in [9.17, 15) is 9.59 Å². The van der Waals surface area contributed by atoms with Gasteiger partial charge >= 0.3 is 0 Å². The summed E-state index contributed by atoms with van der Waals surface area (Å²) in [5, 5.41) is 2.76. The van der Waals surface area contributed by atoms with Gasteiger partial charge in [0.1, 0.15) is 0 Å². The number of piperidine rings is 1. The van der Waals surface area contributed by atoms with E-state index in [0.29, 0.717) is 12.6 Å². The molecule has 20 heavy (non-hydrogen) atoms. The minimum absolute atomic E-state index is 0.0152. The van der Waals surface area contributed by atoms with Gasteiger partial charge in [-0.2, -0.15) is 0 Å². The molecule has 0 aromatic carbocycles. The van der Waals surface area contributed by atoms with Crippen molar-refractivity contribution in [1.29, 1.82) is 0 Å². The Balaban J connectivity index is 1.79. The van der Waals surface area contributed by atoms with Crippen LogP contribution in [0, 0.1) is 5.92 Å². The molecule has 1 saturated carbocycles. The van der Waals surface area contributed by atoms with Gasteiger partial charge in [0, 0.05) is 20.0 Å². The lowest BCUT2D eigenvalue weighted by Gasteiger charge is -2.40. The van der Waals surface area contributed by atoms with Gasteiger partial charge in [-0.05, 0) is 32.1 Å². The minimum Gasteiger partial charge on any atom is -0.347 e. The lowest BCUT2D eigenvalue weighted by atomic mass is 9.78. The fourth-order valence-corrected chi connectivity index (χ4v) is 3.69. The monoisotopic (exact) mass is 282 g/mol. The number of likely N-dealkylation sites (N-methyl/N-ethyl adjacent to an activating group) is 1. The van der Waals surface area contributed by atoms with Gasteiger partial charge in [0.15, 0.2) is 6.54 Å². The summed E-state index contributed by atoms with van der Waals surface area (Å²) < 4.78 is 0. The standard InChI is InChI=1S/C15H27N3O2/c1-17(2)15(20)10-16-14(19)11-18-9-5-7-12-6-3-4-8-13(12)18/h12-13H,3-11H2,1-2H3,(H,16,19)/p+1/t12-,13-/m0/s1. The molecule has 0 aromatic heterocycles. The number of fused-ring (bicyclic) bond motifs is 1. The zero-order chi connectivity index (χ0) is 14.5. The van der Waals surface area contributed by atoms with Crippen LogP contribution < -0.4 is 10.2 Å². The maximum Gasteiger partial charge on any atom is 0.275 e. The first-order valence-corrected chi connectivity index (χ1v) is 7.89. The van der Waals surface area contributed by atoms with Crippen LogP contribution >= 0.6 is 0 Å². The molecular formula is C15H28N3O2+. The van der Waals surface area contributed by atoms with Crippen LogP contribution in [0.25, 0.3) is 0 Å². The minimum atomic E-state index is -0.0532. The summed E-state index contributed by atoms with van der Waals surface area (Å²) in [6.45, 7) is 1.76. The van der Waals surface area contributed by atoms with E-state index in [0.717, 1.165) is 12.5 Å². The Kier molecular flexibility index (Phi) is 5.40. The Labute approximate surface area is 121 Å². The summed E-state index contributed by atoms with van der Waals surface area (Å²) >= 11 is 0. The Morgan fingerprint density at radius 3 is 2.60 bits per heavy atom. The molecular weight excluding hydrogens is 254 g/mol. The predicted molar refractivity (Wildman–Crippen MR) is 77.4 cm³/mol. The molecule has 5 heteroatoms. The number of amides is 2. The third kappa shape index (κ3) is 3.95. The number of nitrogens with zero attached hydrogens (tertiary/aromatic N) is 1. The first-order valence-electron chi connectivity index (χ1n) is 7.89. The van der Waals surface area contributed by atoms with Crippen molar-refractivity contribution in [3.63, 3.8) is 0 Å². The summed E-state index contributed by atoms with van der Waals surface area (Å²) in [6.07, 6.45) is 7.86. The highest BCUT2D eigenvalue weighted by Gasteiger charge is 2.37. The maximum absolute atomic E-state index is 12.0. The Bertz CT molecular complexity index is 355. The van der Waals surface area contributed by atoms with Crippen LogP contribution in [-0.4, -0.2) is 56.5 Å². The second kappa shape index (κ2) is 7.07. The zero-order valence-corrected chi connectivity index (χ0v) is 12.8. The molecule has 2 N–H and O–H groups in total. The number of hydrogen-bond donors (Lipinski definition) is 2. The van der Waals surface area contributed by atoms with Crippen LogP contribution in [0.5, 0.6) is 0 Å². The van der Waals surface area contributed by atoms with Crippen molar-refractivity contribution < 1.29 is 14.5 Å². The van der Waals surface area contributed by atoms with Gasteiger partial charge in [-0.3, -0.25) is 9.59 Å². The van der Waals surface area contributed by atoms with Gasteiger partial charge in [-0.1, -0.05) is 6.42 Å². The molecule has 1 saturated heterocycles. The van der Waals surface area contributed by atoms with Crippen LogP contribution in [0.1, 0.15) is 38.5 Å². The number of rotatable bonds is 4. The van der Waals surface area contributed by atoms with Crippen molar-refractivity contribution in [1.82, 2.24) is 10.2 Å². The fraction of sp³-hybridized carbons (Fsp3) is 0.867. The number of carbonyl (C=O) groups excluding carboxylic acids is 2. The van der Waals surface area contributed by atoms with Crippen molar-refractivity contribution in [2.45, 2.75) is 44.6 Å². The van der Waals surface area contributed by atoms with Crippen LogP contribution in [0.2, 0.25) is 0 Å². The average Bonchev–Trinajstić information content (AvgIpc) is 2.45. The molecule has 3 atom stereocenters. The van der Waals surface area contributed by atoms with Crippen molar-refractivity contribution >= 4 is 11.8 Å². The summed E-state index contributed by atoms with van der Waals surface area (Å²) in [6, 6.07) is 0.674. The molecule has 1 heterocycles. The molecule has 2 amide bonds. The molecule has 2 fully saturated rings. The summed E-state index contributed by atoms with van der Waals surface area (Å²) in [5.74, 6) is 0.785. The average molecular weight is 282 g/mol. The lowest BCUT2D eigenvalue weighted by molar-refractivity contribution is -0.928. The number of carbonyl (C=O) groups is 2. The van der Waals surface area contributed by atoms with Crippen LogP contribution in [0.3, 0.4) is 0 Å². The Morgan fingerprint density at radius 2 is 1.85 bits per heavy atom. The van der Waals surface area contributed by atoms with Crippen molar-refractivity contribution in [3.05, 3.63) is 0 Å². The van der Waals surface area contributed by atoms with Crippen LogP contribution in [0.15, 0.2) is 0 Å². The largest absolute Gasteiger partial charge is 0.347 e. The molecule has 2 aliphatic rings. The molecule has 2 rings (SSSR count). The first kappa shape index (κ1) is 15.3. The van der Waals surface area contributed by atoms with Crippen LogP contribution in [-0.2, 0) is 9.59 Å². The smallest absolute Gasteiger partial charge is 0.275 e. The van der Waals surface area contributed by atoms with Gasteiger partial charge in [0.25, 0.3) is 5.91 Å². The quantitative estimate of drug-likeness (QED) is 0.725. The maximum atomic E-state index is 12.0. The summed E-state index contributed by atoms with van der Waals surface area (Å²) in [5.41, 5.74) is 0. The molecule has 5 nitrogen and oxygen atoms in total. The topological polar surface area (TPSA) is 53.9 Å². The second-order valence-corrected chi connectivity index (χ2v) is 6.44. The van der Waals surface area contributed by atoms with E-state index in [1.807, 2.05) is 0 Å². The number of quaternary nitrogens is 1. The van der Waals surface area contributed by atoms with Gasteiger partial charge < -0.3 is 15.1 Å². The summed E-state index contributed by atoms with van der Waals surface area (Å²) in [4.78, 5) is 26.4. The van der Waals surface area contributed by atoms with E-state index < -0.39 is 0 Å². The van der Waals surface area contributed by atoms with Crippen molar-refractivity contribution in [2.24, 2.45) is 5.92 Å². The van der Waals surface area contributed by atoms with E-state index in [-0.39, 0.29) is 18.4 Å². The number of hydrogen-bond acceptors (Lipinski definition) is 2. The molecule has 114 valence electrons. The van der Waals surface area contributed by atoms with Crippen molar-refractivity contribution in [2.75, 3.05) is 33.7 Å². The fourth-order valence-electron chi connectivity index (χ4n) is 3.69. The van der Waals surface area contributed by atoms with Gasteiger partial charge in [-0.25, -0.2) is 0 Å². The molecule has 0 spiro atoms. The predicted octanol–water partition coefficient (Wildman–Crippen LogP) is -0.572. The molecule has 0 aromatic rings. The molecule has 1 unspecified atom stereocenters. The third-order valence-corrected chi connectivity index (χ3v) is 4.83. The molecule has 1 aliphatic heterocycles. The molecule has 0 radical (unpaired) electrons. The highest BCUT2D eigenvalue weighted by atomic mass is 16.2. The second-order valence-electron chi connectivity index (χ2n) is 6.44. The van der Waals surface area contributed by atoms with Crippen LogP contribution in [0.4, 0.5) is 0 Å². The van der Waals surface area contributed by atoms with E-state index in [2.05, 4.69) is 5.32 Å². The lowest BCUT2D eigenvalue weighted by Crippen LogP contribution is -3.18. The first-order chi connectivity index (χ1) is 9.58. The Morgan fingerprint density at radius 1 is 1.15 bits per heavy atom. The molecule has 1 aliphatic carbocycles. The highest BCUT2D eigenvalue weighted by Crippen LogP contribution is 2.28. The van der Waals surface area contributed by atoms with Gasteiger partial charge in [-0.15, -0.1) is 0 Å². The molecule has 0 bridgehead atoms. The normalized spacial score (nSPS) is 29.4. The number of likely N-dealkylation sites (tertiary alicyclic amines) is 1.